The summed E-state index contributed by atoms with van der Waals surface area (Å²) in [5.74, 6) is 0. The number of rotatable bonds is 6. The molecule has 1 aliphatic rings. The SMILES string of the molecule is Clc1c[nH]c(CNCCCN2CCCC2)c1. The van der Waals surface area contributed by atoms with E-state index in [0.717, 1.165) is 23.8 Å². The highest BCUT2D eigenvalue weighted by molar-refractivity contribution is 6.30. The molecule has 0 amide bonds. The summed E-state index contributed by atoms with van der Waals surface area (Å²) >= 11 is 5.82. The average Bonchev–Trinajstić information content (AvgIpc) is 2.89. The Balaban J connectivity index is 1.51. The fraction of sp³-hybridized carbons (Fsp3) is 0.667. The number of H-pyrrole nitrogens is 1. The van der Waals surface area contributed by atoms with Gasteiger partial charge in [-0.2, -0.15) is 0 Å². The number of aromatic nitrogens is 1. The topological polar surface area (TPSA) is 31.1 Å². The molecule has 90 valence electrons. The van der Waals surface area contributed by atoms with Crippen molar-refractivity contribution in [1.82, 2.24) is 15.2 Å². The van der Waals surface area contributed by atoms with Crippen LogP contribution in [-0.4, -0.2) is 36.1 Å². The molecule has 2 heterocycles. The smallest absolute Gasteiger partial charge is 0.0583 e. The molecular formula is C12H20ClN3. The summed E-state index contributed by atoms with van der Waals surface area (Å²) in [6.07, 6.45) is 5.82. The standard InChI is InChI=1S/C12H20ClN3/c13-11-8-12(15-9-11)10-14-4-3-7-16-5-1-2-6-16/h8-9,14-15H,1-7,10H2. The van der Waals surface area contributed by atoms with E-state index in [9.17, 15) is 0 Å². The van der Waals surface area contributed by atoms with Crippen molar-refractivity contribution in [2.45, 2.75) is 25.8 Å². The maximum absolute atomic E-state index is 5.82. The first-order valence-corrected chi connectivity index (χ1v) is 6.48. The van der Waals surface area contributed by atoms with Crippen molar-refractivity contribution in [2.24, 2.45) is 0 Å². The van der Waals surface area contributed by atoms with Crippen molar-refractivity contribution in [3.8, 4) is 0 Å². The molecule has 2 rings (SSSR count). The van der Waals surface area contributed by atoms with Crippen LogP contribution >= 0.6 is 11.6 Å². The zero-order chi connectivity index (χ0) is 11.2. The lowest BCUT2D eigenvalue weighted by Gasteiger charge is -2.14. The second kappa shape index (κ2) is 6.28. The molecule has 2 N–H and O–H groups in total. The van der Waals surface area contributed by atoms with Crippen molar-refractivity contribution >= 4 is 11.6 Å². The summed E-state index contributed by atoms with van der Waals surface area (Å²) in [7, 11) is 0. The number of nitrogens with zero attached hydrogens (tertiary/aromatic N) is 1. The highest BCUT2D eigenvalue weighted by atomic mass is 35.5. The highest BCUT2D eigenvalue weighted by Gasteiger charge is 2.09. The van der Waals surface area contributed by atoms with Gasteiger partial charge in [0.1, 0.15) is 0 Å². The third-order valence-corrected chi connectivity index (χ3v) is 3.27. The van der Waals surface area contributed by atoms with Gasteiger partial charge in [-0.05, 0) is 51.5 Å². The number of halogens is 1. The van der Waals surface area contributed by atoms with Gasteiger partial charge in [0.05, 0.1) is 5.02 Å². The summed E-state index contributed by atoms with van der Waals surface area (Å²) in [4.78, 5) is 5.68. The van der Waals surface area contributed by atoms with E-state index in [1.807, 2.05) is 12.3 Å². The Morgan fingerprint density at radius 3 is 2.88 bits per heavy atom. The quantitative estimate of drug-likeness (QED) is 0.749. The molecule has 0 bridgehead atoms. The van der Waals surface area contributed by atoms with Gasteiger partial charge < -0.3 is 15.2 Å². The summed E-state index contributed by atoms with van der Waals surface area (Å²) in [5.41, 5.74) is 1.16. The van der Waals surface area contributed by atoms with Gasteiger partial charge in [-0.3, -0.25) is 0 Å². The normalized spacial score (nSPS) is 17.1. The molecular weight excluding hydrogens is 222 g/mol. The second-order valence-electron chi connectivity index (χ2n) is 4.42. The van der Waals surface area contributed by atoms with Crippen LogP contribution in [0.3, 0.4) is 0 Å². The van der Waals surface area contributed by atoms with E-state index >= 15 is 0 Å². The highest BCUT2D eigenvalue weighted by Crippen LogP contribution is 2.09. The molecule has 0 aromatic carbocycles. The average molecular weight is 242 g/mol. The fourth-order valence-electron chi connectivity index (χ4n) is 2.17. The number of hydrogen-bond acceptors (Lipinski definition) is 2. The second-order valence-corrected chi connectivity index (χ2v) is 4.86. The largest absolute Gasteiger partial charge is 0.363 e. The maximum Gasteiger partial charge on any atom is 0.0583 e. The van der Waals surface area contributed by atoms with Crippen molar-refractivity contribution in [3.63, 3.8) is 0 Å². The molecule has 1 fully saturated rings. The molecule has 16 heavy (non-hydrogen) atoms. The van der Waals surface area contributed by atoms with Crippen LogP contribution in [0.25, 0.3) is 0 Å². The fourth-order valence-corrected chi connectivity index (χ4v) is 2.36. The van der Waals surface area contributed by atoms with E-state index in [1.165, 1.54) is 38.9 Å². The van der Waals surface area contributed by atoms with Crippen LogP contribution in [0.2, 0.25) is 5.02 Å². The first-order valence-electron chi connectivity index (χ1n) is 6.10. The van der Waals surface area contributed by atoms with E-state index in [2.05, 4.69) is 15.2 Å². The van der Waals surface area contributed by atoms with Crippen molar-refractivity contribution < 1.29 is 0 Å². The van der Waals surface area contributed by atoms with Crippen LogP contribution in [0, 0.1) is 0 Å². The zero-order valence-corrected chi connectivity index (χ0v) is 10.4. The Morgan fingerprint density at radius 1 is 1.38 bits per heavy atom. The summed E-state index contributed by atoms with van der Waals surface area (Å²) in [6, 6.07) is 1.97. The number of hydrogen-bond donors (Lipinski definition) is 2. The van der Waals surface area contributed by atoms with Crippen molar-refractivity contribution in [3.05, 3.63) is 23.0 Å². The predicted octanol–water partition coefficient (Wildman–Crippen LogP) is 2.24. The lowest BCUT2D eigenvalue weighted by Crippen LogP contribution is -2.24. The van der Waals surface area contributed by atoms with Gasteiger partial charge in [0, 0.05) is 18.4 Å². The number of likely N-dealkylation sites (tertiary alicyclic amines) is 1. The molecule has 0 saturated carbocycles. The Kier molecular flexibility index (Phi) is 4.69. The number of nitrogens with one attached hydrogen (secondary N) is 2. The Morgan fingerprint density at radius 2 is 2.19 bits per heavy atom. The minimum atomic E-state index is 0.786. The van der Waals surface area contributed by atoms with E-state index in [1.54, 1.807) is 0 Å². The molecule has 3 nitrogen and oxygen atoms in total. The van der Waals surface area contributed by atoms with Gasteiger partial charge >= 0.3 is 0 Å². The van der Waals surface area contributed by atoms with Crippen LogP contribution in [0.5, 0.6) is 0 Å². The van der Waals surface area contributed by atoms with Gasteiger partial charge in [0.15, 0.2) is 0 Å². The lowest BCUT2D eigenvalue weighted by atomic mass is 10.3. The minimum absolute atomic E-state index is 0.786. The van der Waals surface area contributed by atoms with E-state index in [-0.39, 0.29) is 0 Å². The van der Waals surface area contributed by atoms with Crippen LogP contribution < -0.4 is 5.32 Å². The Hall–Kier alpha value is -0.510. The van der Waals surface area contributed by atoms with E-state index < -0.39 is 0 Å². The van der Waals surface area contributed by atoms with Crippen LogP contribution in [0.15, 0.2) is 12.3 Å². The summed E-state index contributed by atoms with van der Waals surface area (Å²) < 4.78 is 0. The van der Waals surface area contributed by atoms with Crippen LogP contribution in [0.1, 0.15) is 25.0 Å². The molecule has 0 unspecified atom stereocenters. The minimum Gasteiger partial charge on any atom is -0.363 e. The lowest BCUT2D eigenvalue weighted by molar-refractivity contribution is 0.331. The Labute approximate surface area is 102 Å². The summed E-state index contributed by atoms with van der Waals surface area (Å²) in [5, 5.41) is 4.21. The third-order valence-electron chi connectivity index (χ3n) is 3.05. The van der Waals surface area contributed by atoms with Crippen molar-refractivity contribution in [1.29, 1.82) is 0 Å². The third kappa shape index (κ3) is 3.81. The van der Waals surface area contributed by atoms with Gasteiger partial charge in [-0.25, -0.2) is 0 Å². The Bertz CT molecular complexity index is 305. The first kappa shape index (κ1) is 12.0. The molecule has 0 radical (unpaired) electrons. The van der Waals surface area contributed by atoms with E-state index in [4.69, 9.17) is 11.6 Å². The molecule has 4 heteroatoms. The molecule has 0 aliphatic carbocycles. The van der Waals surface area contributed by atoms with Crippen LogP contribution in [0.4, 0.5) is 0 Å². The molecule has 1 saturated heterocycles. The van der Waals surface area contributed by atoms with Crippen LogP contribution in [-0.2, 0) is 6.54 Å². The maximum atomic E-state index is 5.82. The number of aromatic amines is 1. The predicted molar refractivity (Wildman–Crippen MR) is 67.8 cm³/mol. The van der Waals surface area contributed by atoms with Gasteiger partial charge in [0.2, 0.25) is 0 Å². The molecule has 0 spiro atoms. The summed E-state index contributed by atoms with van der Waals surface area (Å²) in [6.45, 7) is 5.79. The first-order chi connectivity index (χ1) is 7.84. The van der Waals surface area contributed by atoms with Gasteiger partial charge in [-0.15, -0.1) is 0 Å². The molecule has 0 atom stereocenters. The monoisotopic (exact) mass is 241 g/mol. The van der Waals surface area contributed by atoms with Gasteiger partial charge in [-0.1, -0.05) is 11.6 Å². The zero-order valence-electron chi connectivity index (χ0n) is 9.64. The van der Waals surface area contributed by atoms with Gasteiger partial charge in [0.25, 0.3) is 0 Å². The van der Waals surface area contributed by atoms with E-state index in [0.29, 0.717) is 0 Å². The van der Waals surface area contributed by atoms with Crippen molar-refractivity contribution in [2.75, 3.05) is 26.2 Å². The molecule has 1 aromatic heterocycles. The molecule has 1 aliphatic heterocycles. The molecule has 1 aromatic rings.